The van der Waals surface area contributed by atoms with E-state index < -0.39 is 0 Å². The second-order valence-corrected chi connectivity index (χ2v) is 5.69. The van der Waals surface area contributed by atoms with Gasteiger partial charge in [-0.2, -0.15) is 15.4 Å². The molecule has 1 aliphatic rings. The number of benzene rings is 1. The molecular weight excluding hydrogens is 294 g/mol. The van der Waals surface area contributed by atoms with Gasteiger partial charge in [-0.3, -0.25) is 9.59 Å². The number of likely N-dealkylation sites (tertiary alicyclic amines) is 1. The minimum atomic E-state index is -0.113. The van der Waals surface area contributed by atoms with Crippen LogP contribution in [0, 0.1) is 5.92 Å². The fourth-order valence-corrected chi connectivity index (χ4v) is 2.81. The molecule has 0 radical (unpaired) electrons. The summed E-state index contributed by atoms with van der Waals surface area (Å²) in [6.07, 6.45) is 3.36. The number of hydrogen-bond donors (Lipinski definition) is 2. The zero-order valence-corrected chi connectivity index (χ0v) is 12.7. The number of hydrogen-bond acceptors (Lipinski definition) is 4. The highest BCUT2D eigenvalue weighted by Gasteiger charge is 2.26. The standard InChI is InChI=1S/C16H19N5O2/c22-15(13-6-2-1-3-7-13)17-9-12-5-4-8-21(11-12)16(23)14-10-18-20-19-14/h1-3,6-7,10,12H,4-5,8-9,11H2,(H,17,22)(H,18,19,20). The Balaban J connectivity index is 1.53. The maximum atomic E-state index is 12.3. The van der Waals surface area contributed by atoms with E-state index in [4.69, 9.17) is 0 Å². The molecule has 0 bridgehead atoms. The zero-order valence-electron chi connectivity index (χ0n) is 12.7. The third-order valence-electron chi connectivity index (χ3n) is 4.03. The molecule has 1 aromatic carbocycles. The van der Waals surface area contributed by atoms with Gasteiger partial charge in [0.05, 0.1) is 6.20 Å². The van der Waals surface area contributed by atoms with Crippen molar-refractivity contribution in [3.8, 4) is 0 Å². The van der Waals surface area contributed by atoms with Crippen molar-refractivity contribution >= 4 is 11.8 Å². The van der Waals surface area contributed by atoms with Gasteiger partial charge < -0.3 is 10.2 Å². The molecule has 1 atom stereocenters. The Morgan fingerprint density at radius 1 is 1.30 bits per heavy atom. The number of amides is 2. The molecule has 2 aromatic rings. The van der Waals surface area contributed by atoms with Crippen LogP contribution in [0.1, 0.15) is 33.7 Å². The van der Waals surface area contributed by atoms with Gasteiger partial charge in [0.2, 0.25) is 0 Å². The van der Waals surface area contributed by atoms with E-state index in [-0.39, 0.29) is 17.7 Å². The van der Waals surface area contributed by atoms with Gasteiger partial charge >= 0.3 is 0 Å². The highest BCUT2D eigenvalue weighted by molar-refractivity contribution is 5.94. The predicted octanol–water partition coefficient (Wildman–Crippen LogP) is 1.09. The van der Waals surface area contributed by atoms with E-state index in [0.29, 0.717) is 24.3 Å². The number of aromatic nitrogens is 3. The third-order valence-corrected chi connectivity index (χ3v) is 4.03. The molecule has 23 heavy (non-hydrogen) atoms. The molecule has 120 valence electrons. The minimum absolute atomic E-state index is 0.0782. The Kier molecular flexibility index (Phi) is 4.65. The highest BCUT2D eigenvalue weighted by atomic mass is 16.2. The number of rotatable bonds is 4. The van der Waals surface area contributed by atoms with Gasteiger partial charge in [-0.25, -0.2) is 0 Å². The summed E-state index contributed by atoms with van der Waals surface area (Å²) in [6.45, 7) is 1.91. The zero-order chi connectivity index (χ0) is 16.1. The predicted molar refractivity (Wildman–Crippen MR) is 83.8 cm³/mol. The van der Waals surface area contributed by atoms with Crippen LogP contribution in [-0.4, -0.2) is 51.8 Å². The number of nitrogens with zero attached hydrogens (tertiary/aromatic N) is 3. The normalized spacial score (nSPS) is 17.7. The Morgan fingerprint density at radius 3 is 2.87 bits per heavy atom. The summed E-state index contributed by atoms with van der Waals surface area (Å²) < 4.78 is 0. The monoisotopic (exact) mass is 313 g/mol. The first-order valence-electron chi connectivity index (χ1n) is 7.72. The maximum absolute atomic E-state index is 12.3. The van der Waals surface area contributed by atoms with Crippen LogP contribution in [-0.2, 0) is 0 Å². The second kappa shape index (κ2) is 7.04. The fourth-order valence-electron chi connectivity index (χ4n) is 2.81. The van der Waals surface area contributed by atoms with Crippen LogP contribution < -0.4 is 5.32 Å². The molecule has 2 amide bonds. The van der Waals surface area contributed by atoms with Crippen LogP contribution in [0.2, 0.25) is 0 Å². The van der Waals surface area contributed by atoms with Crippen molar-refractivity contribution in [3.05, 3.63) is 47.8 Å². The largest absolute Gasteiger partial charge is 0.352 e. The lowest BCUT2D eigenvalue weighted by atomic mass is 9.97. The first kappa shape index (κ1) is 15.2. The molecule has 2 N–H and O–H groups in total. The number of aromatic amines is 1. The van der Waals surface area contributed by atoms with Crippen molar-refractivity contribution in [1.29, 1.82) is 0 Å². The van der Waals surface area contributed by atoms with E-state index in [9.17, 15) is 9.59 Å². The van der Waals surface area contributed by atoms with E-state index in [2.05, 4.69) is 20.7 Å². The van der Waals surface area contributed by atoms with Gasteiger partial charge in [-0.1, -0.05) is 18.2 Å². The van der Waals surface area contributed by atoms with Crippen molar-refractivity contribution in [2.45, 2.75) is 12.8 Å². The SMILES string of the molecule is O=C(NCC1CCCN(C(=O)c2cn[nH]n2)C1)c1ccccc1. The van der Waals surface area contributed by atoms with Crippen molar-refractivity contribution in [2.75, 3.05) is 19.6 Å². The Bertz CT molecular complexity index is 656. The van der Waals surface area contributed by atoms with E-state index in [1.54, 1.807) is 17.0 Å². The molecule has 1 saturated heterocycles. The molecule has 0 spiro atoms. The smallest absolute Gasteiger partial charge is 0.276 e. The summed E-state index contributed by atoms with van der Waals surface area (Å²) in [7, 11) is 0. The summed E-state index contributed by atoms with van der Waals surface area (Å²) in [5.41, 5.74) is 0.984. The van der Waals surface area contributed by atoms with Crippen molar-refractivity contribution < 1.29 is 9.59 Å². The number of carbonyl (C=O) groups excluding carboxylic acids is 2. The van der Waals surface area contributed by atoms with Crippen LogP contribution in [0.4, 0.5) is 0 Å². The van der Waals surface area contributed by atoms with Crippen LogP contribution >= 0.6 is 0 Å². The number of carbonyl (C=O) groups is 2. The number of H-pyrrole nitrogens is 1. The highest BCUT2D eigenvalue weighted by Crippen LogP contribution is 2.17. The Labute approximate surface area is 134 Å². The molecule has 1 fully saturated rings. The molecule has 3 rings (SSSR count). The van der Waals surface area contributed by atoms with Gasteiger partial charge in [0, 0.05) is 25.2 Å². The molecule has 1 aliphatic heterocycles. The van der Waals surface area contributed by atoms with Gasteiger partial charge in [0.15, 0.2) is 5.69 Å². The molecule has 0 aliphatic carbocycles. The minimum Gasteiger partial charge on any atom is -0.352 e. The van der Waals surface area contributed by atoms with Gasteiger partial charge in [-0.15, -0.1) is 0 Å². The summed E-state index contributed by atoms with van der Waals surface area (Å²) in [6, 6.07) is 9.14. The first-order valence-corrected chi connectivity index (χ1v) is 7.72. The average Bonchev–Trinajstić information content (AvgIpc) is 3.14. The summed E-state index contributed by atoms with van der Waals surface area (Å²) in [5.74, 6) is 0.0654. The van der Waals surface area contributed by atoms with Gasteiger partial charge in [0.25, 0.3) is 11.8 Å². The van der Waals surface area contributed by atoms with Crippen LogP contribution in [0.15, 0.2) is 36.5 Å². The quantitative estimate of drug-likeness (QED) is 0.884. The van der Waals surface area contributed by atoms with Crippen molar-refractivity contribution in [1.82, 2.24) is 25.6 Å². The molecule has 1 unspecified atom stereocenters. The van der Waals surface area contributed by atoms with Gasteiger partial charge in [-0.05, 0) is 30.9 Å². The summed E-state index contributed by atoms with van der Waals surface area (Å²) >= 11 is 0. The van der Waals surface area contributed by atoms with E-state index in [1.807, 2.05) is 18.2 Å². The van der Waals surface area contributed by atoms with E-state index in [0.717, 1.165) is 19.4 Å². The van der Waals surface area contributed by atoms with Crippen molar-refractivity contribution in [2.24, 2.45) is 5.92 Å². The van der Waals surface area contributed by atoms with E-state index in [1.165, 1.54) is 6.20 Å². The number of piperidine rings is 1. The van der Waals surface area contributed by atoms with E-state index >= 15 is 0 Å². The summed E-state index contributed by atoms with van der Waals surface area (Å²) in [5, 5.41) is 12.9. The topological polar surface area (TPSA) is 91.0 Å². The summed E-state index contributed by atoms with van der Waals surface area (Å²) in [4.78, 5) is 26.1. The first-order chi connectivity index (χ1) is 11.2. The van der Waals surface area contributed by atoms with Crippen LogP contribution in [0.25, 0.3) is 0 Å². The lowest BCUT2D eigenvalue weighted by Gasteiger charge is -2.32. The maximum Gasteiger partial charge on any atom is 0.276 e. The van der Waals surface area contributed by atoms with Gasteiger partial charge in [0.1, 0.15) is 0 Å². The fraction of sp³-hybridized carbons (Fsp3) is 0.375. The Morgan fingerprint density at radius 2 is 2.13 bits per heavy atom. The molecular formula is C16H19N5O2. The molecule has 1 aromatic heterocycles. The van der Waals surface area contributed by atoms with Crippen molar-refractivity contribution in [3.63, 3.8) is 0 Å². The average molecular weight is 313 g/mol. The third kappa shape index (κ3) is 3.74. The number of nitrogens with one attached hydrogen (secondary N) is 2. The molecule has 7 nitrogen and oxygen atoms in total. The molecule has 7 heteroatoms. The molecule has 2 heterocycles. The second-order valence-electron chi connectivity index (χ2n) is 5.69. The lowest BCUT2D eigenvalue weighted by molar-refractivity contribution is 0.0665. The lowest BCUT2D eigenvalue weighted by Crippen LogP contribution is -2.43. The Hall–Kier alpha value is -2.70. The van der Waals surface area contributed by atoms with Crippen LogP contribution in [0.5, 0.6) is 0 Å². The molecule has 0 saturated carbocycles. The van der Waals surface area contributed by atoms with Crippen LogP contribution in [0.3, 0.4) is 0 Å².